The molecule has 3 heterocycles. The zero-order chi connectivity index (χ0) is 20.4. The van der Waals surface area contributed by atoms with E-state index in [0.29, 0.717) is 32.6 Å². The highest BCUT2D eigenvalue weighted by atomic mass is 16.3. The number of aliphatic hydroxyl groups excluding tert-OH is 2. The molecule has 0 aromatic heterocycles. The third kappa shape index (κ3) is 2.25. The molecule has 4 fully saturated rings. The van der Waals surface area contributed by atoms with Crippen LogP contribution in [0, 0.1) is 10.8 Å². The summed E-state index contributed by atoms with van der Waals surface area (Å²) in [5.74, 6) is -0.720. The number of aliphatic hydroxyl groups is 2. The standard InChI is InChI=1S/C18H29N5O5/c1-4-5-10(24)21-6-8-22-11-12-18(3,17(11,2)13(25)19-15(22)27)14(26)20-16(28)23(12)9-7-21/h11-12,15-16,27-28H,4-9H2,1-3H3,(H,19,25)(H,20,26). The van der Waals surface area contributed by atoms with E-state index < -0.39 is 35.6 Å². The van der Waals surface area contributed by atoms with Gasteiger partial charge in [-0.15, -0.1) is 0 Å². The lowest BCUT2D eigenvalue weighted by Crippen LogP contribution is -2.92. The second kappa shape index (κ2) is 6.38. The number of amides is 3. The van der Waals surface area contributed by atoms with Gasteiger partial charge in [0.2, 0.25) is 17.7 Å². The van der Waals surface area contributed by atoms with Gasteiger partial charge in [-0.3, -0.25) is 24.2 Å². The van der Waals surface area contributed by atoms with Crippen molar-refractivity contribution in [3.63, 3.8) is 0 Å². The topological polar surface area (TPSA) is 125 Å². The SMILES string of the molecule is CCCC(=O)N1CCN2C(O)NC(=O)C3(C)C2C2N(CC1)C(O)NC(=O)C23C. The van der Waals surface area contributed by atoms with E-state index in [4.69, 9.17) is 0 Å². The van der Waals surface area contributed by atoms with Gasteiger partial charge >= 0.3 is 0 Å². The number of hydrogen-bond donors (Lipinski definition) is 4. The molecule has 1 saturated carbocycles. The highest BCUT2D eigenvalue weighted by Crippen LogP contribution is 2.63. The maximum Gasteiger partial charge on any atom is 0.231 e. The van der Waals surface area contributed by atoms with E-state index in [0.717, 1.165) is 6.42 Å². The summed E-state index contributed by atoms with van der Waals surface area (Å²) in [6.45, 7) is 7.00. The smallest absolute Gasteiger partial charge is 0.231 e. The molecular formula is C18H29N5O5. The van der Waals surface area contributed by atoms with E-state index in [1.54, 1.807) is 28.5 Å². The van der Waals surface area contributed by atoms with Crippen molar-refractivity contribution in [1.29, 1.82) is 0 Å². The predicted octanol–water partition coefficient (Wildman–Crippen LogP) is -2.19. The van der Waals surface area contributed by atoms with Gasteiger partial charge in [0.25, 0.3) is 0 Å². The van der Waals surface area contributed by atoms with Crippen molar-refractivity contribution in [1.82, 2.24) is 25.3 Å². The molecule has 0 aromatic carbocycles. The maximum absolute atomic E-state index is 12.9. The summed E-state index contributed by atoms with van der Waals surface area (Å²) in [7, 11) is 0. The van der Waals surface area contributed by atoms with Crippen LogP contribution in [0.5, 0.6) is 0 Å². The molecule has 0 aromatic rings. The van der Waals surface area contributed by atoms with E-state index in [1.807, 2.05) is 6.92 Å². The first-order valence-electron chi connectivity index (χ1n) is 9.95. The van der Waals surface area contributed by atoms with E-state index in [9.17, 15) is 24.6 Å². The van der Waals surface area contributed by atoms with Gasteiger partial charge in [-0.2, -0.15) is 0 Å². The van der Waals surface area contributed by atoms with Crippen LogP contribution in [-0.4, -0.2) is 93.6 Å². The van der Waals surface area contributed by atoms with Gasteiger partial charge in [-0.05, 0) is 20.3 Å². The Kier molecular flexibility index (Phi) is 4.46. The third-order valence-corrected chi connectivity index (χ3v) is 7.44. The lowest BCUT2D eigenvalue weighted by atomic mass is 9.42. The second-order valence-electron chi connectivity index (χ2n) is 8.60. The first-order valence-corrected chi connectivity index (χ1v) is 9.95. The first-order chi connectivity index (χ1) is 13.2. The molecule has 4 N–H and O–H groups in total. The molecule has 0 bridgehead atoms. The summed E-state index contributed by atoms with van der Waals surface area (Å²) in [5, 5.41) is 26.3. The Morgan fingerprint density at radius 1 is 0.964 bits per heavy atom. The van der Waals surface area contributed by atoms with E-state index >= 15 is 0 Å². The molecule has 6 atom stereocenters. The van der Waals surface area contributed by atoms with Crippen molar-refractivity contribution >= 4 is 17.7 Å². The number of fused-ring (bicyclic) bond motifs is 1. The van der Waals surface area contributed by atoms with Gasteiger partial charge in [0.15, 0.2) is 12.7 Å². The predicted molar refractivity (Wildman–Crippen MR) is 97.0 cm³/mol. The fourth-order valence-electron chi connectivity index (χ4n) is 5.65. The molecule has 4 rings (SSSR count). The summed E-state index contributed by atoms with van der Waals surface area (Å²) in [4.78, 5) is 43.5. The molecular weight excluding hydrogens is 366 g/mol. The van der Waals surface area contributed by atoms with Crippen molar-refractivity contribution in [2.24, 2.45) is 10.8 Å². The lowest BCUT2D eigenvalue weighted by Gasteiger charge is -2.73. The van der Waals surface area contributed by atoms with Crippen molar-refractivity contribution < 1.29 is 24.6 Å². The Morgan fingerprint density at radius 2 is 1.39 bits per heavy atom. The summed E-state index contributed by atoms with van der Waals surface area (Å²) >= 11 is 0. The van der Waals surface area contributed by atoms with Crippen molar-refractivity contribution in [3.8, 4) is 0 Å². The largest absolute Gasteiger partial charge is 0.361 e. The van der Waals surface area contributed by atoms with Crippen LogP contribution in [0.15, 0.2) is 0 Å². The number of carbonyl (C=O) groups is 3. The molecule has 0 radical (unpaired) electrons. The van der Waals surface area contributed by atoms with Gasteiger partial charge in [-0.1, -0.05) is 6.92 Å². The van der Waals surface area contributed by atoms with Crippen LogP contribution in [0.3, 0.4) is 0 Å². The molecule has 4 aliphatic rings. The maximum atomic E-state index is 12.9. The molecule has 10 nitrogen and oxygen atoms in total. The van der Waals surface area contributed by atoms with E-state index in [2.05, 4.69) is 10.6 Å². The normalized spacial score (nSPS) is 43.7. The summed E-state index contributed by atoms with van der Waals surface area (Å²) in [6, 6.07) is -0.883. The third-order valence-electron chi connectivity index (χ3n) is 7.44. The lowest BCUT2D eigenvalue weighted by molar-refractivity contribution is -0.278. The minimum atomic E-state index is -1.19. The van der Waals surface area contributed by atoms with Crippen molar-refractivity contribution in [3.05, 3.63) is 0 Å². The minimum absolute atomic E-state index is 0.0216. The first kappa shape index (κ1) is 19.6. The Morgan fingerprint density at radius 3 is 1.79 bits per heavy atom. The molecule has 3 saturated heterocycles. The second-order valence-corrected chi connectivity index (χ2v) is 8.60. The van der Waals surface area contributed by atoms with Gasteiger partial charge in [0.05, 0.1) is 10.8 Å². The van der Waals surface area contributed by atoms with Crippen LogP contribution >= 0.6 is 0 Å². The Hall–Kier alpha value is -1.75. The Balaban J connectivity index is 1.75. The monoisotopic (exact) mass is 395 g/mol. The van der Waals surface area contributed by atoms with Crippen LogP contribution < -0.4 is 10.6 Å². The van der Waals surface area contributed by atoms with Crippen LogP contribution in [0.4, 0.5) is 0 Å². The fourth-order valence-corrected chi connectivity index (χ4v) is 5.65. The summed E-state index contributed by atoms with van der Waals surface area (Å²) < 4.78 is 0. The number of nitrogens with one attached hydrogen (secondary N) is 2. The number of nitrogens with zero attached hydrogens (tertiary/aromatic N) is 3. The molecule has 0 spiro atoms. The number of carbonyl (C=O) groups excluding carboxylic acids is 3. The van der Waals surface area contributed by atoms with Gasteiger partial charge < -0.3 is 25.7 Å². The van der Waals surface area contributed by atoms with Crippen LogP contribution in [0.25, 0.3) is 0 Å². The van der Waals surface area contributed by atoms with Gasteiger partial charge in [0.1, 0.15) is 0 Å². The van der Waals surface area contributed by atoms with E-state index in [-0.39, 0.29) is 17.7 Å². The Labute approximate surface area is 163 Å². The number of hydrogen-bond acceptors (Lipinski definition) is 7. The summed E-state index contributed by atoms with van der Waals surface area (Å²) in [5.41, 5.74) is -2.11. The molecule has 3 amide bonds. The van der Waals surface area contributed by atoms with Crippen LogP contribution in [0.1, 0.15) is 33.6 Å². The molecule has 3 aliphatic heterocycles. The fraction of sp³-hybridized carbons (Fsp3) is 0.833. The van der Waals surface area contributed by atoms with E-state index in [1.165, 1.54) is 0 Å². The molecule has 28 heavy (non-hydrogen) atoms. The number of rotatable bonds is 2. The highest BCUT2D eigenvalue weighted by molar-refractivity contribution is 5.98. The van der Waals surface area contributed by atoms with Gasteiger partial charge in [-0.25, -0.2) is 0 Å². The van der Waals surface area contributed by atoms with Crippen LogP contribution in [0.2, 0.25) is 0 Å². The molecule has 10 heteroatoms. The molecule has 156 valence electrons. The molecule has 1 aliphatic carbocycles. The van der Waals surface area contributed by atoms with Gasteiger partial charge in [0, 0.05) is 44.7 Å². The van der Waals surface area contributed by atoms with Crippen molar-refractivity contribution in [2.75, 3.05) is 26.2 Å². The zero-order valence-electron chi connectivity index (χ0n) is 16.5. The Bertz CT molecular complexity index is 668. The summed E-state index contributed by atoms with van der Waals surface area (Å²) in [6.07, 6.45) is -1.22. The zero-order valence-corrected chi connectivity index (χ0v) is 16.5. The average molecular weight is 395 g/mol. The quantitative estimate of drug-likeness (QED) is 0.418. The molecule has 6 unspecified atom stereocenters. The minimum Gasteiger partial charge on any atom is -0.361 e. The average Bonchev–Trinajstić information content (AvgIpc) is 2.72. The van der Waals surface area contributed by atoms with Crippen molar-refractivity contribution in [2.45, 2.75) is 58.4 Å². The highest BCUT2D eigenvalue weighted by Gasteiger charge is 2.80. The van der Waals surface area contributed by atoms with Crippen LogP contribution in [-0.2, 0) is 14.4 Å².